The lowest BCUT2D eigenvalue weighted by molar-refractivity contribution is -0.116. The molecule has 1 aliphatic heterocycles. The predicted molar refractivity (Wildman–Crippen MR) is 88.6 cm³/mol. The fourth-order valence-electron chi connectivity index (χ4n) is 3.15. The zero-order valence-electron chi connectivity index (χ0n) is 13.6. The van der Waals surface area contributed by atoms with Gasteiger partial charge in [0, 0.05) is 25.2 Å². The van der Waals surface area contributed by atoms with Gasteiger partial charge in [-0.1, -0.05) is 32.0 Å². The van der Waals surface area contributed by atoms with E-state index in [1.165, 1.54) is 18.4 Å². The van der Waals surface area contributed by atoms with Crippen LogP contribution in [0.1, 0.15) is 44.2 Å². The number of benzene rings is 1. The highest BCUT2D eigenvalue weighted by Crippen LogP contribution is 2.21. The van der Waals surface area contributed by atoms with E-state index in [4.69, 9.17) is 0 Å². The van der Waals surface area contributed by atoms with Crippen molar-refractivity contribution in [1.29, 1.82) is 0 Å². The number of hydrogen-bond acceptors (Lipinski definition) is 2. The Bertz CT molecular complexity index is 484. The first kappa shape index (κ1) is 16.0. The van der Waals surface area contributed by atoms with Crippen LogP contribution >= 0.6 is 0 Å². The minimum atomic E-state index is 0.136. The number of anilines is 1. The molecule has 3 nitrogen and oxygen atoms in total. The number of aryl methyl sites for hydroxylation is 2. The summed E-state index contributed by atoms with van der Waals surface area (Å²) in [4.78, 5) is 14.6. The van der Waals surface area contributed by atoms with Gasteiger partial charge in [-0.3, -0.25) is 4.79 Å². The van der Waals surface area contributed by atoms with E-state index >= 15 is 0 Å². The molecule has 1 unspecified atom stereocenters. The molecular formula is C18H28N2O. The molecule has 0 spiro atoms. The topological polar surface area (TPSA) is 32.3 Å². The molecule has 1 aliphatic rings. The van der Waals surface area contributed by atoms with E-state index in [1.54, 1.807) is 0 Å². The first-order chi connectivity index (χ1) is 10.1. The summed E-state index contributed by atoms with van der Waals surface area (Å²) in [6.45, 7) is 9.64. The van der Waals surface area contributed by atoms with Crippen molar-refractivity contribution in [2.75, 3.05) is 25.0 Å². The van der Waals surface area contributed by atoms with Gasteiger partial charge in [0.05, 0.1) is 0 Å². The average molecular weight is 288 g/mol. The Morgan fingerprint density at radius 3 is 2.95 bits per heavy atom. The minimum Gasteiger partial charge on any atom is -0.326 e. The number of amides is 1. The van der Waals surface area contributed by atoms with Crippen molar-refractivity contribution in [1.82, 2.24) is 4.90 Å². The zero-order chi connectivity index (χ0) is 15.2. The third-order valence-corrected chi connectivity index (χ3v) is 4.40. The molecule has 0 aromatic heterocycles. The Labute approximate surface area is 128 Å². The van der Waals surface area contributed by atoms with Crippen molar-refractivity contribution in [3.8, 4) is 0 Å². The molecule has 1 atom stereocenters. The SMILES string of the molecule is CCc1cccc(C)c1NC(=O)CCN1CCCC(C)C1. The van der Waals surface area contributed by atoms with E-state index in [2.05, 4.69) is 49.2 Å². The van der Waals surface area contributed by atoms with Crippen LogP contribution in [-0.2, 0) is 11.2 Å². The first-order valence-corrected chi connectivity index (χ1v) is 8.20. The van der Waals surface area contributed by atoms with Crippen LogP contribution in [0.15, 0.2) is 18.2 Å². The summed E-state index contributed by atoms with van der Waals surface area (Å²) in [6, 6.07) is 6.20. The first-order valence-electron chi connectivity index (χ1n) is 8.20. The number of nitrogens with one attached hydrogen (secondary N) is 1. The van der Waals surface area contributed by atoms with E-state index in [0.717, 1.165) is 43.2 Å². The van der Waals surface area contributed by atoms with Crippen molar-refractivity contribution < 1.29 is 4.79 Å². The minimum absolute atomic E-state index is 0.136. The maximum absolute atomic E-state index is 12.2. The molecule has 1 amide bonds. The Hall–Kier alpha value is -1.35. The normalized spacial score (nSPS) is 19.5. The fraction of sp³-hybridized carbons (Fsp3) is 0.611. The summed E-state index contributed by atoms with van der Waals surface area (Å²) in [5.41, 5.74) is 3.38. The molecule has 1 aromatic carbocycles. The smallest absolute Gasteiger partial charge is 0.225 e. The average Bonchev–Trinajstić information content (AvgIpc) is 2.47. The van der Waals surface area contributed by atoms with Crippen molar-refractivity contribution in [2.45, 2.75) is 46.5 Å². The van der Waals surface area contributed by atoms with Crippen LogP contribution in [0.4, 0.5) is 5.69 Å². The van der Waals surface area contributed by atoms with Gasteiger partial charge in [0.1, 0.15) is 0 Å². The predicted octanol–water partition coefficient (Wildman–Crippen LogP) is 3.62. The maximum atomic E-state index is 12.2. The molecule has 1 saturated heterocycles. The molecule has 0 saturated carbocycles. The Balaban J connectivity index is 1.87. The summed E-state index contributed by atoms with van der Waals surface area (Å²) >= 11 is 0. The van der Waals surface area contributed by atoms with Crippen molar-refractivity contribution in [2.24, 2.45) is 5.92 Å². The molecule has 1 aromatic rings. The van der Waals surface area contributed by atoms with Crippen LogP contribution < -0.4 is 5.32 Å². The Morgan fingerprint density at radius 2 is 2.24 bits per heavy atom. The third-order valence-electron chi connectivity index (χ3n) is 4.40. The van der Waals surface area contributed by atoms with E-state index in [-0.39, 0.29) is 5.91 Å². The molecule has 21 heavy (non-hydrogen) atoms. The highest BCUT2D eigenvalue weighted by atomic mass is 16.1. The van der Waals surface area contributed by atoms with Gasteiger partial charge < -0.3 is 10.2 Å². The molecule has 1 heterocycles. The summed E-state index contributed by atoms with van der Waals surface area (Å²) in [5, 5.41) is 3.11. The van der Waals surface area contributed by atoms with Crippen molar-refractivity contribution in [3.05, 3.63) is 29.3 Å². The summed E-state index contributed by atoms with van der Waals surface area (Å²) in [7, 11) is 0. The van der Waals surface area contributed by atoms with Gasteiger partial charge in [-0.05, 0) is 49.8 Å². The van der Waals surface area contributed by atoms with Crippen LogP contribution in [0.5, 0.6) is 0 Å². The highest BCUT2D eigenvalue weighted by molar-refractivity contribution is 5.92. The van der Waals surface area contributed by atoms with Crippen LogP contribution in [0, 0.1) is 12.8 Å². The maximum Gasteiger partial charge on any atom is 0.225 e. The molecule has 0 radical (unpaired) electrons. The van der Waals surface area contributed by atoms with Crippen LogP contribution in [0.25, 0.3) is 0 Å². The van der Waals surface area contributed by atoms with Gasteiger partial charge in [0.15, 0.2) is 0 Å². The lowest BCUT2D eigenvalue weighted by Crippen LogP contribution is -2.36. The fourth-order valence-corrected chi connectivity index (χ4v) is 3.15. The summed E-state index contributed by atoms with van der Waals surface area (Å²) < 4.78 is 0. The summed E-state index contributed by atoms with van der Waals surface area (Å²) in [5.74, 6) is 0.905. The van der Waals surface area contributed by atoms with Crippen molar-refractivity contribution >= 4 is 11.6 Å². The Kier molecular flexibility index (Phi) is 5.80. The molecular weight excluding hydrogens is 260 g/mol. The second-order valence-corrected chi connectivity index (χ2v) is 6.31. The quantitative estimate of drug-likeness (QED) is 0.897. The number of likely N-dealkylation sites (tertiary alicyclic amines) is 1. The van der Waals surface area contributed by atoms with Crippen LogP contribution in [0.3, 0.4) is 0 Å². The lowest BCUT2D eigenvalue weighted by atomic mass is 10.0. The molecule has 3 heteroatoms. The van der Waals surface area contributed by atoms with Gasteiger partial charge in [-0.25, -0.2) is 0 Å². The number of carbonyl (C=O) groups is 1. The number of piperidine rings is 1. The molecule has 116 valence electrons. The third kappa shape index (κ3) is 4.57. The van der Waals surface area contributed by atoms with Crippen molar-refractivity contribution in [3.63, 3.8) is 0 Å². The molecule has 0 aliphatic carbocycles. The number of rotatable bonds is 5. The molecule has 1 N–H and O–H groups in total. The number of nitrogens with zero attached hydrogens (tertiary/aromatic N) is 1. The second kappa shape index (κ2) is 7.60. The van der Waals surface area contributed by atoms with E-state index < -0.39 is 0 Å². The standard InChI is InChI=1S/C18H28N2O/c1-4-16-9-5-8-15(3)18(16)19-17(21)10-12-20-11-6-7-14(2)13-20/h5,8-9,14H,4,6-7,10-13H2,1-3H3,(H,19,21). The van der Waals surface area contributed by atoms with E-state index in [0.29, 0.717) is 6.42 Å². The molecule has 2 rings (SSSR count). The van der Waals surface area contributed by atoms with Crippen LogP contribution in [0.2, 0.25) is 0 Å². The van der Waals surface area contributed by atoms with Crippen LogP contribution in [-0.4, -0.2) is 30.4 Å². The zero-order valence-corrected chi connectivity index (χ0v) is 13.6. The van der Waals surface area contributed by atoms with E-state index in [9.17, 15) is 4.79 Å². The second-order valence-electron chi connectivity index (χ2n) is 6.31. The number of para-hydroxylation sites is 1. The van der Waals surface area contributed by atoms with E-state index in [1.807, 2.05) is 0 Å². The summed E-state index contributed by atoms with van der Waals surface area (Å²) in [6.07, 6.45) is 4.12. The van der Waals surface area contributed by atoms with Gasteiger partial charge >= 0.3 is 0 Å². The largest absolute Gasteiger partial charge is 0.326 e. The van der Waals surface area contributed by atoms with Gasteiger partial charge in [-0.2, -0.15) is 0 Å². The lowest BCUT2D eigenvalue weighted by Gasteiger charge is -2.30. The monoisotopic (exact) mass is 288 g/mol. The highest BCUT2D eigenvalue weighted by Gasteiger charge is 2.17. The number of hydrogen-bond donors (Lipinski definition) is 1. The van der Waals surface area contributed by atoms with Gasteiger partial charge in [0.25, 0.3) is 0 Å². The Morgan fingerprint density at radius 1 is 1.43 bits per heavy atom. The number of carbonyl (C=O) groups excluding carboxylic acids is 1. The molecule has 0 bridgehead atoms. The van der Waals surface area contributed by atoms with Gasteiger partial charge in [0.2, 0.25) is 5.91 Å². The van der Waals surface area contributed by atoms with Gasteiger partial charge in [-0.15, -0.1) is 0 Å². The molecule has 1 fully saturated rings.